The number of aryl methyl sites for hydroxylation is 3. The third-order valence-electron chi connectivity index (χ3n) is 11.9. The Balaban J connectivity index is 0.000000266. The van der Waals surface area contributed by atoms with E-state index in [9.17, 15) is 0 Å². The molecule has 0 aliphatic rings. The SMILES string of the molecule is CC(C)NCCCn1c(Sc2cc(Cl)c[c]([Sn]([CH3])([CH3])[CH3])c2)nc2c(N)ncnc21.CC(C)NCCCn1c(Sc2cc(Cl)cc(I)c2)nc2c(N)ncnc21.CC(C)NCCCn1c(Sc2cc(Cl)cc([131I])c2)nc2c(N)ncnc21.[131I-].[I-].[Na+]. The largest absolute Gasteiger partial charge is 1.00 e. The number of hydrogen-bond donors (Lipinski definition) is 6. The van der Waals surface area contributed by atoms with E-state index in [1.807, 2.05) is 30.3 Å². The maximum atomic E-state index is 6.44. The van der Waals surface area contributed by atoms with Gasteiger partial charge in [-0.3, -0.25) is 0 Å². The van der Waals surface area contributed by atoms with Crippen molar-refractivity contribution in [2.24, 2.45) is 0 Å². The molecule has 0 bridgehead atoms. The van der Waals surface area contributed by atoms with Crippen molar-refractivity contribution in [2.75, 3.05) is 36.8 Å². The van der Waals surface area contributed by atoms with E-state index in [4.69, 9.17) is 67.0 Å². The summed E-state index contributed by atoms with van der Waals surface area (Å²) in [6.07, 6.45) is 7.38. The molecule has 30 heteroatoms. The average Bonchev–Trinajstić information content (AvgIpc) is 4.16. The fourth-order valence-electron chi connectivity index (χ4n) is 8.07. The van der Waals surface area contributed by atoms with Crippen molar-refractivity contribution in [1.82, 2.24) is 74.5 Å². The van der Waals surface area contributed by atoms with E-state index in [1.54, 1.807) is 35.3 Å². The maximum Gasteiger partial charge on any atom is 1.00 e. The summed E-state index contributed by atoms with van der Waals surface area (Å²) in [5.41, 5.74) is 22.3. The van der Waals surface area contributed by atoms with Crippen LogP contribution in [-0.4, -0.2) is 115 Å². The maximum absolute atomic E-state index is 6.44. The van der Waals surface area contributed by atoms with Gasteiger partial charge in [0.2, 0.25) is 0 Å². The zero-order valence-electron chi connectivity index (χ0n) is 48.5. The summed E-state index contributed by atoms with van der Waals surface area (Å²) in [5, 5.41) is 15.1. The number of fused-ring (bicyclic) bond motifs is 3. The van der Waals surface area contributed by atoms with Gasteiger partial charge in [-0.1, -0.05) is 74.4 Å². The van der Waals surface area contributed by atoms with E-state index >= 15 is 0 Å². The normalized spacial score (nSPS) is 11.4. The van der Waals surface area contributed by atoms with Crippen LogP contribution in [0.3, 0.4) is 0 Å². The third-order valence-corrected chi connectivity index (χ3v) is 22.5. The molecule has 0 saturated heterocycles. The van der Waals surface area contributed by atoms with Crippen molar-refractivity contribution in [1.29, 1.82) is 0 Å². The number of nitrogen functional groups attached to an aromatic ring is 3. The fourth-order valence-corrected chi connectivity index (χ4v) is 18.0. The Morgan fingerprint density at radius 1 is 0.524 bits per heavy atom. The van der Waals surface area contributed by atoms with Gasteiger partial charge >= 0.3 is 216 Å². The van der Waals surface area contributed by atoms with Crippen molar-refractivity contribution in [3.05, 3.63) is 95.8 Å². The van der Waals surface area contributed by atoms with Crippen LogP contribution in [0.5, 0.6) is 0 Å². The van der Waals surface area contributed by atoms with Gasteiger partial charge in [0.25, 0.3) is 0 Å². The summed E-state index contributed by atoms with van der Waals surface area (Å²) in [6.45, 7) is 18.1. The van der Waals surface area contributed by atoms with E-state index in [0.717, 1.165) is 118 Å². The summed E-state index contributed by atoms with van der Waals surface area (Å²) in [6, 6.07) is 19.7. The monoisotopic (exact) mass is 1830 g/mol. The Bertz CT molecular complexity index is 3390. The van der Waals surface area contributed by atoms with Crippen molar-refractivity contribution in [3.63, 3.8) is 0 Å². The van der Waals surface area contributed by atoms with Crippen LogP contribution in [0.25, 0.3) is 33.5 Å². The van der Waals surface area contributed by atoms with Crippen LogP contribution in [-0.2, 0) is 19.6 Å². The molecule has 0 unspecified atom stereocenters. The number of rotatable bonds is 22. The molecule has 0 aliphatic carbocycles. The second kappa shape index (κ2) is 36.3. The number of nitrogens with one attached hydrogen (secondary N) is 3. The standard InChI is InChI=1S/2C17H20ClIN6S.C17H20ClN6S.3CH3.2HI.Na.Sn/c2*1-10(2)21-4-3-5-25-16-14(15(20)22-9-23-16)24-17(25)26-13-7-11(18)6-12(19)8-13;1-11(2)20-7-4-8-24-16-14(15(19)21-10-22-16)23-17(24)25-13-6-3-5-12(18)9-13;;;;;;;/h2*6-10,21H,3-5H2,1-2H3,(H2,20,22,23);5-6,9-11,20H,4,7-8H2,1-2H3,(H2,19,21,22);3*1H3;2*1H;;/q;;;;;;;;+1;/p-2/i19+4;;;;;;1+4;;;. The fraction of sp³-hybridized carbons (Fsp3) is 0.389. The first-order valence-corrected chi connectivity index (χ1v) is 42.1. The predicted molar refractivity (Wildman–Crippen MR) is 358 cm³/mol. The first-order valence-electron chi connectivity index (χ1n) is 26.4. The van der Waals surface area contributed by atoms with Crippen LogP contribution in [0.15, 0.2) is 104 Å². The van der Waals surface area contributed by atoms with E-state index in [1.165, 1.54) is 22.6 Å². The van der Waals surface area contributed by atoms with Gasteiger partial charge in [0, 0.05) is 52.1 Å². The van der Waals surface area contributed by atoms with Crippen LogP contribution < -0.4 is 114 Å². The van der Waals surface area contributed by atoms with Gasteiger partial charge < -0.3 is 79.2 Å². The molecule has 0 spiro atoms. The zero-order chi connectivity index (χ0) is 58.5. The van der Waals surface area contributed by atoms with Gasteiger partial charge in [-0.05, 0) is 108 Å². The molecule has 9 rings (SSSR count). The summed E-state index contributed by atoms with van der Waals surface area (Å²) in [7, 11) is 0. The topological polar surface area (TPSA) is 245 Å². The Morgan fingerprint density at radius 3 is 1.19 bits per heavy atom. The molecule has 18 nitrogen and oxygen atoms in total. The zero-order valence-corrected chi connectivity index (χ0v) is 66.7. The summed E-state index contributed by atoms with van der Waals surface area (Å²) in [4.78, 5) is 50.0. The van der Waals surface area contributed by atoms with Crippen LogP contribution in [0.2, 0.25) is 29.9 Å². The smallest absolute Gasteiger partial charge is 1.00 e. The van der Waals surface area contributed by atoms with E-state index in [-0.39, 0.29) is 77.5 Å². The minimum absolute atomic E-state index is 0. The number of hydrogen-bond acceptors (Lipinski definition) is 18. The predicted octanol–water partition coefficient (Wildman–Crippen LogP) is 3.57. The van der Waals surface area contributed by atoms with Crippen LogP contribution >= 0.6 is 115 Å². The van der Waals surface area contributed by atoms with Crippen LogP contribution in [0.4, 0.5) is 17.5 Å². The van der Waals surface area contributed by atoms with Crippen LogP contribution in [0.1, 0.15) is 60.8 Å². The summed E-state index contributed by atoms with van der Waals surface area (Å²) in [5.74, 6) is 1.21. The molecule has 0 fully saturated rings. The molecular formula is C54H69Cl3I4N18NaS3Sn-. The molecule has 6 aromatic heterocycles. The van der Waals surface area contributed by atoms with Crippen molar-refractivity contribution in [2.45, 2.75) is 144 Å². The summed E-state index contributed by atoms with van der Waals surface area (Å²) < 4.78 is 9.92. The van der Waals surface area contributed by atoms with Crippen molar-refractivity contribution >= 4 is 188 Å². The van der Waals surface area contributed by atoms with Gasteiger partial charge in [0.05, 0.1) is 0 Å². The Hall–Kier alpha value is -0.771. The Kier molecular flexibility index (Phi) is 32.7. The molecule has 0 saturated carbocycles. The van der Waals surface area contributed by atoms with Crippen LogP contribution in [0, 0.1) is 7.14 Å². The first-order chi connectivity index (χ1) is 38.5. The number of anilines is 3. The second-order valence-electron chi connectivity index (χ2n) is 20.8. The van der Waals surface area contributed by atoms with Gasteiger partial charge in [0.15, 0.2) is 44.3 Å². The molecule has 0 aliphatic heterocycles. The Morgan fingerprint density at radius 2 is 0.857 bits per heavy atom. The van der Waals surface area contributed by atoms with E-state index < -0.39 is 18.4 Å². The molecule has 84 heavy (non-hydrogen) atoms. The molecule has 9 N–H and O–H groups in total. The van der Waals surface area contributed by atoms with Crippen molar-refractivity contribution < 1.29 is 77.5 Å². The van der Waals surface area contributed by atoms with E-state index in [0.29, 0.717) is 62.2 Å². The molecular weight excluding hydrogens is 1760 g/mol. The van der Waals surface area contributed by atoms with Gasteiger partial charge in [0.1, 0.15) is 12.7 Å². The number of halogens is 7. The number of benzene rings is 3. The quantitative estimate of drug-likeness (QED) is 0.0323. The van der Waals surface area contributed by atoms with Gasteiger partial charge in [-0.15, -0.1) is 0 Å². The minimum Gasteiger partial charge on any atom is -1.00 e. The van der Waals surface area contributed by atoms with E-state index in [2.05, 4.69) is 185 Å². The van der Waals surface area contributed by atoms with Crippen molar-refractivity contribution in [3.8, 4) is 0 Å². The Labute approximate surface area is 607 Å². The molecule has 0 atom stereocenters. The van der Waals surface area contributed by atoms with Gasteiger partial charge in [-0.25, -0.2) is 29.9 Å². The first kappa shape index (κ1) is 75.7. The molecule has 9 aromatic rings. The molecule has 448 valence electrons. The third kappa shape index (κ3) is 22.6. The number of imidazole rings is 3. The number of nitrogens with zero attached hydrogens (tertiary/aromatic N) is 12. The molecule has 0 radical (unpaired) electrons. The molecule has 0 amide bonds. The molecule has 3 aromatic carbocycles. The number of aromatic nitrogens is 12. The minimum atomic E-state index is -2.24. The second-order valence-corrected chi connectivity index (χ2v) is 42.2. The summed E-state index contributed by atoms with van der Waals surface area (Å²) >= 11 is 25.8. The van der Waals surface area contributed by atoms with Gasteiger partial charge in [-0.2, -0.15) is 0 Å². The number of nitrogens with two attached hydrogens (primary N) is 3. The molecule has 6 heterocycles. The average molecular weight is 1830 g/mol.